The van der Waals surface area contributed by atoms with Gasteiger partial charge in [0.05, 0.1) is 23.0 Å². The molecule has 1 aliphatic rings. The summed E-state index contributed by atoms with van der Waals surface area (Å²) in [4.78, 5) is 14.7. The lowest BCUT2D eigenvalue weighted by molar-refractivity contribution is 0.00612. The average Bonchev–Trinajstić information content (AvgIpc) is 3.10. The van der Waals surface area contributed by atoms with E-state index in [-0.39, 0.29) is 28.4 Å². The number of hydrogen-bond donors (Lipinski definition) is 0. The quantitative estimate of drug-likeness (QED) is 0.774. The van der Waals surface area contributed by atoms with E-state index in [0.717, 1.165) is 12.8 Å². The fourth-order valence-electron chi connectivity index (χ4n) is 3.19. The molecule has 26 heavy (non-hydrogen) atoms. The fourth-order valence-corrected chi connectivity index (χ4v) is 4.57. The fraction of sp³-hybridized carbons (Fsp3) is 0.421. The molecule has 2 heterocycles. The van der Waals surface area contributed by atoms with Gasteiger partial charge in [0.25, 0.3) is 5.91 Å². The minimum absolute atomic E-state index is 0.0177. The first-order chi connectivity index (χ1) is 12.5. The molecule has 1 fully saturated rings. The van der Waals surface area contributed by atoms with Gasteiger partial charge >= 0.3 is 0 Å². The molecule has 1 aromatic carbocycles. The van der Waals surface area contributed by atoms with Gasteiger partial charge in [0.15, 0.2) is 15.6 Å². The highest BCUT2D eigenvalue weighted by Gasteiger charge is 2.29. The summed E-state index contributed by atoms with van der Waals surface area (Å²) in [5.74, 6) is -0.448. The van der Waals surface area contributed by atoms with E-state index >= 15 is 0 Å². The van der Waals surface area contributed by atoms with Crippen molar-refractivity contribution >= 4 is 15.7 Å². The lowest BCUT2D eigenvalue weighted by atomic mass is 10.1. The average molecular weight is 377 g/mol. The Balaban J connectivity index is 1.77. The van der Waals surface area contributed by atoms with Gasteiger partial charge < -0.3 is 14.1 Å². The molecule has 1 saturated heterocycles. The molecule has 6 nitrogen and oxygen atoms in total. The highest BCUT2D eigenvalue weighted by molar-refractivity contribution is 7.90. The maximum atomic E-state index is 12.8. The van der Waals surface area contributed by atoms with E-state index < -0.39 is 9.84 Å². The van der Waals surface area contributed by atoms with Gasteiger partial charge in [-0.1, -0.05) is 18.2 Å². The first-order valence-corrected chi connectivity index (χ1v) is 10.4. The van der Waals surface area contributed by atoms with Crippen LogP contribution in [0.2, 0.25) is 0 Å². The van der Waals surface area contributed by atoms with Gasteiger partial charge in [0.1, 0.15) is 0 Å². The summed E-state index contributed by atoms with van der Waals surface area (Å²) < 4.78 is 36.2. The van der Waals surface area contributed by atoms with E-state index in [1.807, 2.05) is 6.92 Å². The zero-order chi connectivity index (χ0) is 18.6. The first kappa shape index (κ1) is 18.7. The zero-order valence-electron chi connectivity index (χ0n) is 14.8. The minimum atomic E-state index is -3.54. The van der Waals surface area contributed by atoms with Gasteiger partial charge in [-0.15, -0.1) is 0 Å². The Morgan fingerprint density at radius 3 is 2.77 bits per heavy atom. The number of sulfone groups is 1. The monoisotopic (exact) mass is 377 g/mol. The van der Waals surface area contributed by atoms with E-state index in [9.17, 15) is 13.2 Å². The molecule has 1 unspecified atom stereocenters. The van der Waals surface area contributed by atoms with Crippen LogP contribution in [0.25, 0.3) is 0 Å². The van der Waals surface area contributed by atoms with Crippen molar-refractivity contribution in [2.45, 2.75) is 36.5 Å². The lowest BCUT2D eigenvalue weighted by Gasteiger charge is -2.32. The van der Waals surface area contributed by atoms with Crippen molar-refractivity contribution in [1.29, 1.82) is 0 Å². The van der Waals surface area contributed by atoms with Crippen molar-refractivity contribution in [3.63, 3.8) is 0 Å². The molecule has 7 heteroatoms. The maximum Gasteiger partial charge on any atom is 0.289 e. The summed E-state index contributed by atoms with van der Waals surface area (Å²) in [6.45, 7) is 3.65. The van der Waals surface area contributed by atoms with E-state index in [2.05, 4.69) is 0 Å². The van der Waals surface area contributed by atoms with Gasteiger partial charge in [0.2, 0.25) is 0 Å². The third-order valence-corrected chi connectivity index (χ3v) is 6.14. The van der Waals surface area contributed by atoms with Crippen LogP contribution in [0, 0.1) is 0 Å². The van der Waals surface area contributed by atoms with Gasteiger partial charge in [-0.3, -0.25) is 4.79 Å². The predicted molar refractivity (Wildman–Crippen MR) is 96.6 cm³/mol. The molecule has 1 aliphatic heterocycles. The molecule has 0 N–H and O–H groups in total. The molecule has 2 aromatic rings. The Morgan fingerprint density at radius 1 is 1.27 bits per heavy atom. The van der Waals surface area contributed by atoms with Gasteiger partial charge in [-0.2, -0.15) is 0 Å². The topological polar surface area (TPSA) is 76.8 Å². The number of furan rings is 1. The van der Waals surface area contributed by atoms with Crippen molar-refractivity contribution in [1.82, 2.24) is 4.90 Å². The van der Waals surface area contributed by atoms with Crippen molar-refractivity contribution in [3.8, 4) is 0 Å². The van der Waals surface area contributed by atoms with Crippen LogP contribution >= 0.6 is 0 Å². The molecule has 3 rings (SSSR count). The van der Waals surface area contributed by atoms with Gasteiger partial charge in [-0.25, -0.2) is 8.42 Å². The number of carbonyl (C=O) groups excluding carboxylic acids is 1. The van der Waals surface area contributed by atoms with Crippen LogP contribution in [0.1, 0.15) is 35.9 Å². The Hall–Kier alpha value is -2.12. The highest BCUT2D eigenvalue weighted by Crippen LogP contribution is 2.23. The molecule has 140 valence electrons. The highest BCUT2D eigenvalue weighted by atomic mass is 32.2. The molecule has 0 aliphatic carbocycles. The molecule has 0 radical (unpaired) electrons. The normalized spacial score (nSPS) is 18.0. The van der Waals surface area contributed by atoms with Gasteiger partial charge in [0, 0.05) is 25.3 Å². The first-order valence-electron chi connectivity index (χ1n) is 8.76. The summed E-state index contributed by atoms with van der Waals surface area (Å²) >= 11 is 0. The largest absolute Gasteiger partial charge is 0.459 e. The second-order valence-corrected chi connectivity index (χ2v) is 8.31. The molecule has 1 amide bonds. The van der Waals surface area contributed by atoms with Crippen molar-refractivity contribution in [2.24, 2.45) is 0 Å². The number of benzene rings is 1. The molecule has 0 saturated carbocycles. The second kappa shape index (κ2) is 8.05. The van der Waals surface area contributed by atoms with Crippen LogP contribution in [-0.4, -0.2) is 45.0 Å². The lowest BCUT2D eigenvalue weighted by Crippen LogP contribution is -2.43. The Morgan fingerprint density at radius 2 is 2.04 bits per heavy atom. The summed E-state index contributed by atoms with van der Waals surface area (Å²) in [6.07, 6.45) is 3.16. The SMILES string of the molecule is CCOC1CCCN(C(=O)c2occc2CS(=O)(=O)c2ccccc2)C1. The number of ether oxygens (including phenoxy) is 1. The van der Waals surface area contributed by atoms with E-state index in [1.54, 1.807) is 41.3 Å². The predicted octanol–water partition coefficient (Wildman–Crippen LogP) is 2.89. The Kier molecular flexibility index (Phi) is 5.78. The van der Waals surface area contributed by atoms with E-state index in [1.165, 1.54) is 6.26 Å². The van der Waals surface area contributed by atoms with Crippen molar-refractivity contribution in [3.05, 3.63) is 54.0 Å². The maximum absolute atomic E-state index is 12.8. The second-order valence-electron chi connectivity index (χ2n) is 6.32. The van der Waals surface area contributed by atoms with Crippen molar-refractivity contribution < 1.29 is 22.4 Å². The smallest absolute Gasteiger partial charge is 0.289 e. The number of piperidine rings is 1. The van der Waals surface area contributed by atoms with Crippen LogP contribution in [0.15, 0.2) is 52.0 Å². The number of rotatable bonds is 6. The molecule has 0 spiro atoms. The van der Waals surface area contributed by atoms with Crippen LogP contribution in [0.4, 0.5) is 0 Å². The third-order valence-electron chi connectivity index (χ3n) is 4.46. The van der Waals surface area contributed by atoms with Crippen molar-refractivity contribution in [2.75, 3.05) is 19.7 Å². The van der Waals surface area contributed by atoms with Gasteiger partial charge in [-0.05, 0) is 38.0 Å². The molecular formula is C19H23NO5S. The summed E-state index contributed by atoms with van der Waals surface area (Å²) in [6, 6.07) is 9.77. The van der Waals surface area contributed by atoms with Crippen LogP contribution in [0.3, 0.4) is 0 Å². The number of carbonyl (C=O) groups is 1. The van der Waals surface area contributed by atoms with Crippen LogP contribution in [-0.2, 0) is 20.3 Å². The number of amides is 1. The molecule has 1 aromatic heterocycles. The van der Waals surface area contributed by atoms with E-state index in [0.29, 0.717) is 25.3 Å². The summed E-state index contributed by atoms with van der Waals surface area (Å²) in [5.41, 5.74) is 0.386. The van der Waals surface area contributed by atoms with Crippen LogP contribution in [0.5, 0.6) is 0 Å². The number of hydrogen-bond acceptors (Lipinski definition) is 5. The third kappa shape index (κ3) is 4.16. The Labute approximate surface area is 153 Å². The summed E-state index contributed by atoms with van der Waals surface area (Å²) in [5, 5.41) is 0. The summed E-state index contributed by atoms with van der Waals surface area (Å²) in [7, 11) is -3.54. The zero-order valence-corrected chi connectivity index (χ0v) is 15.6. The molecular weight excluding hydrogens is 354 g/mol. The van der Waals surface area contributed by atoms with Crippen LogP contribution < -0.4 is 0 Å². The Bertz CT molecular complexity index is 842. The van der Waals surface area contributed by atoms with E-state index in [4.69, 9.17) is 9.15 Å². The number of likely N-dealkylation sites (tertiary alicyclic amines) is 1. The number of nitrogens with zero attached hydrogens (tertiary/aromatic N) is 1. The molecule has 0 bridgehead atoms. The molecule has 1 atom stereocenters. The standard InChI is InChI=1S/C19H23NO5S/c1-2-24-16-7-6-11-20(13-16)19(21)18-15(10-12-25-18)14-26(22,23)17-8-4-3-5-9-17/h3-5,8-10,12,16H,2,6-7,11,13-14H2,1H3. The minimum Gasteiger partial charge on any atom is -0.459 e.